The summed E-state index contributed by atoms with van der Waals surface area (Å²) in [6.07, 6.45) is 1.90. The number of methoxy groups -OCH3 is 1. The average molecular weight is 236 g/mol. The highest BCUT2D eigenvalue weighted by Gasteiger charge is 2.43. The van der Waals surface area contributed by atoms with Crippen molar-refractivity contribution in [2.75, 3.05) is 7.11 Å². The summed E-state index contributed by atoms with van der Waals surface area (Å²) in [7, 11) is 1.36. The maximum atomic E-state index is 11.8. The van der Waals surface area contributed by atoms with Crippen LogP contribution in [0.1, 0.15) is 25.3 Å². The largest absolute Gasteiger partial charge is 0.508 e. The van der Waals surface area contributed by atoms with E-state index >= 15 is 0 Å². The van der Waals surface area contributed by atoms with Gasteiger partial charge in [0.25, 0.3) is 0 Å². The van der Waals surface area contributed by atoms with Gasteiger partial charge in [0.05, 0.1) is 7.11 Å². The SMILES string of the molecule is CCC1(C(=O)OC)CCc2ccc(O)cc2O1. The number of aryl methyl sites for hydroxylation is 1. The molecule has 4 nitrogen and oxygen atoms in total. The maximum Gasteiger partial charge on any atom is 0.350 e. The maximum absolute atomic E-state index is 11.8. The van der Waals surface area contributed by atoms with Crippen LogP contribution in [-0.2, 0) is 16.0 Å². The molecule has 0 saturated carbocycles. The first kappa shape index (κ1) is 11.8. The zero-order chi connectivity index (χ0) is 12.5. The Labute approximate surface area is 100 Å². The third-order valence-corrected chi connectivity index (χ3v) is 3.28. The standard InChI is InChI=1S/C13H16O4/c1-3-13(12(15)16-2)7-6-9-4-5-10(14)8-11(9)17-13/h4-5,8,14H,3,6-7H2,1-2H3. The van der Waals surface area contributed by atoms with Crippen LogP contribution in [0.15, 0.2) is 18.2 Å². The van der Waals surface area contributed by atoms with E-state index < -0.39 is 5.60 Å². The Morgan fingerprint density at radius 1 is 1.59 bits per heavy atom. The van der Waals surface area contributed by atoms with Crippen molar-refractivity contribution in [2.24, 2.45) is 0 Å². The summed E-state index contributed by atoms with van der Waals surface area (Å²) in [6.45, 7) is 1.89. The molecule has 0 radical (unpaired) electrons. The summed E-state index contributed by atoms with van der Waals surface area (Å²) in [4.78, 5) is 11.8. The van der Waals surface area contributed by atoms with Crippen LogP contribution in [0.3, 0.4) is 0 Å². The van der Waals surface area contributed by atoms with Crippen molar-refractivity contribution in [1.82, 2.24) is 0 Å². The second kappa shape index (κ2) is 4.28. The van der Waals surface area contributed by atoms with Crippen molar-refractivity contribution in [2.45, 2.75) is 31.8 Å². The molecule has 17 heavy (non-hydrogen) atoms. The van der Waals surface area contributed by atoms with Crippen LogP contribution < -0.4 is 4.74 Å². The van der Waals surface area contributed by atoms with Gasteiger partial charge in [-0.15, -0.1) is 0 Å². The van der Waals surface area contributed by atoms with Gasteiger partial charge in [-0.2, -0.15) is 0 Å². The number of phenolic OH excluding ortho intramolecular Hbond substituents is 1. The summed E-state index contributed by atoms with van der Waals surface area (Å²) >= 11 is 0. The van der Waals surface area contributed by atoms with Gasteiger partial charge in [-0.05, 0) is 24.5 Å². The molecule has 0 aliphatic carbocycles. The van der Waals surface area contributed by atoms with Gasteiger partial charge in [0.15, 0.2) is 0 Å². The third kappa shape index (κ3) is 1.95. The number of esters is 1. The Kier molecular flexibility index (Phi) is 2.96. The molecule has 2 rings (SSSR count). The molecule has 4 heteroatoms. The van der Waals surface area contributed by atoms with Gasteiger partial charge in [0.1, 0.15) is 11.5 Å². The highest BCUT2D eigenvalue weighted by atomic mass is 16.6. The van der Waals surface area contributed by atoms with E-state index in [1.54, 1.807) is 12.1 Å². The van der Waals surface area contributed by atoms with E-state index in [2.05, 4.69) is 0 Å². The minimum Gasteiger partial charge on any atom is -0.508 e. The molecule has 0 spiro atoms. The molecule has 1 aliphatic heterocycles. The van der Waals surface area contributed by atoms with Crippen molar-refractivity contribution < 1.29 is 19.4 Å². The van der Waals surface area contributed by atoms with Gasteiger partial charge in [-0.25, -0.2) is 4.79 Å². The Bertz CT molecular complexity index is 441. The van der Waals surface area contributed by atoms with Crippen molar-refractivity contribution in [3.8, 4) is 11.5 Å². The third-order valence-electron chi connectivity index (χ3n) is 3.28. The summed E-state index contributed by atoms with van der Waals surface area (Å²) in [6, 6.07) is 4.99. The molecule has 0 fully saturated rings. The molecule has 0 saturated heterocycles. The van der Waals surface area contributed by atoms with Gasteiger partial charge in [-0.3, -0.25) is 0 Å². The van der Waals surface area contributed by atoms with E-state index in [9.17, 15) is 9.90 Å². The fraction of sp³-hybridized carbons (Fsp3) is 0.462. The molecule has 0 bridgehead atoms. The number of hydrogen-bond donors (Lipinski definition) is 1. The van der Waals surface area contributed by atoms with Crippen molar-refractivity contribution in [3.05, 3.63) is 23.8 Å². The quantitative estimate of drug-likeness (QED) is 0.798. The van der Waals surface area contributed by atoms with E-state index in [4.69, 9.17) is 9.47 Å². The second-order valence-corrected chi connectivity index (χ2v) is 4.23. The fourth-order valence-electron chi connectivity index (χ4n) is 2.17. The van der Waals surface area contributed by atoms with Gasteiger partial charge in [0, 0.05) is 12.5 Å². The minimum atomic E-state index is -0.907. The van der Waals surface area contributed by atoms with Crippen LogP contribution in [0.4, 0.5) is 0 Å². The average Bonchev–Trinajstić information content (AvgIpc) is 2.36. The van der Waals surface area contributed by atoms with Crippen LogP contribution in [-0.4, -0.2) is 23.8 Å². The molecule has 0 amide bonds. The number of carbonyl (C=O) groups is 1. The van der Waals surface area contributed by atoms with Gasteiger partial charge >= 0.3 is 5.97 Å². The topological polar surface area (TPSA) is 55.8 Å². The molecule has 1 unspecified atom stereocenters. The second-order valence-electron chi connectivity index (χ2n) is 4.23. The van der Waals surface area contributed by atoms with E-state index in [1.807, 2.05) is 13.0 Å². The first-order chi connectivity index (χ1) is 8.11. The lowest BCUT2D eigenvalue weighted by Gasteiger charge is -2.35. The summed E-state index contributed by atoms with van der Waals surface area (Å²) in [5.74, 6) is 0.359. The Morgan fingerprint density at radius 3 is 3.00 bits per heavy atom. The highest BCUT2D eigenvalue weighted by Crippen LogP contribution is 2.37. The smallest absolute Gasteiger partial charge is 0.350 e. The molecule has 1 atom stereocenters. The number of hydrogen-bond acceptors (Lipinski definition) is 4. The van der Waals surface area contributed by atoms with Crippen molar-refractivity contribution >= 4 is 5.97 Å². The highest BCUT2D eigenvalue weighted by molar-refractivity contribution is 5.80. The summed E-state index contributed by atoms with van der Waals surface area (Å²) in [5.41, 5.74) is 0.103. The first-order valence-electron chi connectivity index (χ1n) is 5.70. The number of phenols is 1. The fourth-order valence-corrected chi connectivity index (χ4v) is 2.17. The molecule has 1 aromatic carbocycles. The van der Waals surface area contributed by atoms with E-state index in [0.29, 0.717) is 18.6 Å². The molecule has 92 valence electrons. The monoisotopic (exact) mass is 236 g/mol. The zero-order valence-electron chi connectivity index (χ0n) is 10.0. The van der Waals surface area contributed by atoms with Crippen LogP contribution in [0.5, 0.6) is 11.5 Å². The zero-order valence-corrected chi connectivity index (χ0v) is 10.0. The van der Waals surface area contributed by atoms with Gasteiger partial charge < -0.3 is 14.6 Å². The van der Waals surface area contributed by atoms with Crippen molar-refractivity contribution in [3.63, 3.8) is 0 Å². The number of carbonyl (C=O) groups excluding carboxylic acids is 1. The summed E-state index contributed by atoms with van der Waals surface area (Å²) < 4.78 is 10.6. The number of fused-ring (bicyclic) bond motifs is 1. The normalized spacial score (nSPS) is 22.5. The van der Waals surface area contributed by atoms with Crippen LogP contribution in [0, 0.1) is 0 Å². The van der Waals surface area contributed by atoms with Crippen molar-refractivity contribution in [1.29, 1.82) is 0 Å². The van der Waals surface area contributed by atoms with Crippen LogP contribution >= 0.6 is 0 Å². The molecular weight excluding hydrogens is 220 g/mol. The molecule has 1 N–H and O–H groups in total. The first-order valence-corrected chi connectivity index (χ1v) is 5.70. The predicted octanol–water partition coefficient (Wildman–Crippen LogP) is 2.04. The number of ether oxygens (including phenoxy) is 2. The van der Waals surface area contributed by atoms with Crippen LogP contribution in [0.2, 0.25) is 0 Å². The van der Waals surface area contributed by atoms with E-state index in [-0.39, 0.29) is 11.7 Å². The molecule has 1 aliphatic rings. The number of benzene rings is 1. The molecular formula is C13H16O4. The summed E-state index contributed by atoms with van der Waals surface area (Å²) in [5, 5.41) is 9.43. The Morgan fingerprint density at radius 2 is 2.35 bits per heavy atom. The Hall–Kier alpha value is -1.71. The number of rotatable bonds is 2. The molecule has 1 heterocycles. The predicted molar refractivity (Wildman–Crippen MR) is 62.1 cm³/mol. The Balaban J connectivity index is 2.35. The van der Waals surface area contributed by atoms with E-state index in [0.717, 1.165) is 12.0 Å². The number of aromatic hydroxyl groups is 1. The minimum absolute atomic E-state index is 0.139. The van der Waals surface area contributed by atoms with Crippen LogP contribution in [0.25, 0.3) is 0 Å². The lowest BCUT2D eigenvalue weighted by atomic mass is 9.89. The van der Waals surface area contributed by atoms with Gasteiger partial charge in [-0.1, -0.05) is 13.0 Å². The van der Waals surface area contributed by atoms with E-state index in [1.165, 1.54) is 7.11 Å². The lowest BCUT2D eigenvalue weighted by molar-refractivity contribution is -0.161. The molecule has 0 aromatic heterocycles. The van der Waals surface area contributed by atoms with Gasteiger partial charge in [0.2, 0.25) is 5.60 Å². The lowest BCUT2D eigenvalue weighted by Crippen LogP contribution is -2.47. The molecule has 1 aromatic rings.